The molecule has 10 heteroatoms. The zero-order valence-electron chi connectivity index (χ0n) is 15.8. The van der Waals surface area contributed by atoms with Gasteiger partial charge in [-0.05, 0) is 47.7 Å². The lowest BCUT2D eigenvalue weighted by atomic mass is 10.2. The normalized spacial score (nSPS) is 11.9. The van der Waals surface area contributed by atoms with Crippen molar-refractivity contribution in [2.75, 3.05) is 5.32 Å². The SMILES string of the molecule is CC(=O)Nc1cccc(-n2cnnc2S[C@H](C)c2nnnn2-c2ccccc2)c1. The summed E-state index contributed by atoms with van der Waals surface area (Å²) in [7, 11) is 0. The molecule has 1 N–H and O–H groups in total. The van der Waals surface area contributed by atoms with Crippen molar-refractivity contribution in [3.63, 3.8) is 0 Å². The van der Waals surface area contributed by atoms with Gasteiger partial charge in [-0.25, -0.2) is 0 Å². The number of thioether (sulfide) groups is 1. The number of rotatable bonds is 6. The van der Waals surface area contributed by atoms with Gasteiger partial charge in [-0.1, -0.05) is 36.0 Å². The number of tetrazole rings is 1. The Hall–Kier alpha value is -3.53. The second-order valence-corrected chi connectivity index (χ2v) is 7.57. The lowest BCUT2D eigenvalue weighted by molar-refractivity contribution is -0.114. The Balaban J connectivity index is 1.59. The highest BCUT2D eigenvalue weighted by atomic mass is 32.2. The maximum absolute atomic E-state index is 11.3. The highest BCUT2D eigenvalue weighted by Gasteiger charge is 2.20. The van der Waals surface area contributed by atoms with Crippen molar-refractivity contribution in [2.24, 2.45) is 0 Å². The van der Waals surface area contributed by atoms with Crippen LogP contribution in [-0.4, -0.2) is 40.9 Å². The third-order valence-electron chi connectivity index (χ3n) is 4.10. The minimum Gasteiger partial charge on any atom is -0.326 e. The molecule has 4 aromatic rings. The third-order valence-corrected chi connectivity index (χ3v) is 5.15. The van der Waals surface area contributed by atoms with E-state index in [9.17, 15) is 4.79 Å². The minimum absolute atomic E-state index is 0.0771. The van der Waals surface area contributed by atoms with Crippen molar-refractivity contribution in [3.05, 3.63) is 66.7 Å². The Bertz CT molecular complexity index is 1120. The van der Waals surface area contributed by atoms with E-state index in [-0.39, 0.29) is 11.2 Å². The predicted molar refractivity (Wildman–Crippen MR) is 109 cm³/mol. The van der Waals surface area contributed by atoms with Crippen LogP contribution in [0.1, 0.15) is 24.9 Å². The molecule has 0 bridgehead atoms. The van der Waals surface area contributed by atoms with E-state index in [2.05, 4.69) is 31.0 Å². The van der Waals surface area contributed by atoms with Crippen LogP contribution in [0.4, 0.5) is 5.69 Å². The van der Waals surface area contributed by atoms with E-state index in [1.54, 1.807) is 11.0 Å². The summed E-state index contributed by atoms with van der Waals surface area (Å²) in [5, 5.41) is 23.8. The predicted octanol–water partition coefficient (Wildman–Crippen LogP) is 3.05. The maximum atomic E-state index is 11.3. The molecule has 2 aromatic heterocycles. The number of hydrogen-bond acceptors (Lipinski definition) is 7. The first kappa shape index (κ1) is 18.8. The van der Waals surface area contributed by atoms with E-state index in [4.69, 9.17) is 0 Å². The monoisotopic (exact) mass is 406 g/mol. The van der Waals surface area contributed by atoms with Crippen molar-refractivity contribution >= 4 is 23.4 Å². The molecule has 0 fully saturated rings. The van der Waals surface area contributed by atoms with E-state index in [0.29, 0.717) is 16.7 Å². The van der Waals surface area contributed by atoms with Crippen LogP contribution in [0.5, 0.6) is 0 Å². The zero-order valence-corrected chi connectivity index (χ0v) is 16.6. The molecule has 0 radical (unpaired) electrons. The number of aromatic nitrogens is 7. The van der Waals surface area contributed by atoms with Gasteiger partial charge in [0.2, 0.25) is 5.91 Å². The van der Waals surface area contributed by atoms with Crippen LogP contribution < -0.4 is 5.32 Å². The van der Waals surface area contributed by atoms with Crippen molar-refractivity contribution in [2.45, 2.75) is 24.3 Å². The van der Waals surface area contributed by atoms with E-state index >= 15 is 0 Å². The Kier molecular flexibility index (Phi) is 5.34. The van der Waals surface area contributed by atoms with Gasteiger partial charge < -0.3 is 5.32 Å². The Morgan fingerprint density at radius 1 is 1.07 bits per heavy atom. The summed E-state index contributed by atoms with van der Waals surface area (Å²) < 4.78 is 3.58. The number of para-hydroxylation sites is 1. The number of nitrogens with one attached hydrogen (secondary N) is 1. The molecule has 0 aliphatic rings. The molecule has 29 heavy (non-hydrogen) atoms. The van der Waals surface area contributed by atoms with E-state index < -0.39 is 0 Å². The average molecular weight is 406 g/mol. The number of hydrogen-bond donors (Lipinski definition) is 1. The molecule has 0 spiro atoms. The van der Waals surface area contributed by atoms with Gasteiger partial charge in [0.1, 0.15) is 6.33 Å². The second-order valence-electron chi connectivity index (χ2n) is 6.26. The smallest absolute Gasteiger partial charge is 0.221 e. The van der Waals surface area contributed by atoms with Gasteiger partial charge in [-0.2, -0.15) is 4.68 Å². The topological polar surface area (TPSA) is 103 Å². The van der Waals surface area contributed by atoms with Crippen LogP contribution in [-0.2, 0) is 4.79 Å². The third kappa shape index (κ3) is 4.16. The molecule has 2 heterocycles. The van der Waals surface area contributed by atoms with Crippen LogP contribution in [0.3, 0.4) is 0 Å². The second kappa shape index (κ2) is 8.23. The van der Waals surface area contributed by atoms with Crippen molar-refractivity contribution in [1.82, 2.24) is 35.0 Å². The minimum atomic E-state index is -0.123. The highest BCUT2D eigenvalue weighted by molar-refractivity contribution is 7.99. The maximum Gasteiger partial charge on any atom is 0.221 e. The molecule has 0 aliphatic heterocycles. The largest absolute Gasteiger partial charge is 0.326 e. The molecule has 2 aromatic carbocycles. The first-order valence-electron chi connectivity index (χ1n) is 8.90. The fraction of sp³-hybridized carbons (Fsp3) is 0.158. The van der Waals surface area contributed by atoms with E-state index in [1.165, 1.54) is 18.7 Å². The van der Waals surface area contributed by atoms with Gasteiger partial charge in [0.25, 0.3) is 0 Å². The highest BCUT2D eigenvalue weighted by Crippen LogP contribution is 2.34. The molecule has 146 valence electrons. The molecule has 0 aliphatic carbocycles. The van der Waals surface area contributed by atoms with Crippen molar-refractivity contribution in [3.8, 4) is 11.4 Å². The van der Waals surface area contributed by atoms with Gasteiger partial charge in [0, 0.05) is 12.6 Å². The molecule has 4 rings (SSSR count). The van der Waals surface area contributed by atoms with Crippen molar-refractivity contribution < 1.29 is 4.79 Å². The van der Waals surface area contributed by atoms with Crippen LogP contribution in [0.15, 0.2) is 66.1 Å². The Morgan fingerprint density at radius 3 is 2.66 bits per heavy atom. The fourth-order valence-corrected chi connectivity index (χ4v) is 3.76. The fourth-order valence-electron chi connectivity index (χ4n) is 2.83. The van der Waals surface area contributed by atoms with Crippen LogP contribution in [0, 0.1) is 0 Å². The molecular formula is C19H18N8OS. The molecule has 0 unspecified atom stereocenters. The molecular weight excluding hydrogens is 388 g/mol. The average Bonchev–Trinajstić information content (AvgIpc) is 3.38. The summed E-state index contributed by atoms with van der Waals surface area (Å²) in [6, 6.07) is 17.2. The zero-order chi connectivity index (χ0) is 20.2. The van der Waals surface area contributed by atoms with E-state index in [1.807, 2.05) is 66.1 Å². The Labute approximate surface area is 171 Å². The molecule has 9 nitrogen and oxygen atoms in total. The number of benzene rings is 2. The lowest BCUT2D eigenvalue weighted by Crippen LogP contribution is -2.07. The molecule has 0 saturated carbocycles. The van der Waals surface area contributed by atoms with Crippen LogP contribution in [0.2, 0.25) is 0 Å². The van der Waals surface area contributed by atoms with Crippen LogP contribution >= 0.6 is 11.8 Å². The number of carbonyl (C=O) groups is 1. The van der Waals surface area contributed by atoms with Gasteiger partial charge in [-0.15, -0.1) is 15.3 Å². The number of carbonyl (C=O) groups excluding carboxylic acids is 1. The summed E-state index contributed by atoms with van der Waals surface area (Å²) in [6.07, 6.45) is 1.64. The van der Waals surface area contributed by atoms with Crippen molar-refractivity contribution in [1.29, 1.82) is 0 Å². The number of amides is 1. The molecule has 1 atom stereocenters. The quantitative estimate of drug-likeness (QED) is 0.491. The first-order chi connectivity index (χ1) is 14.1. The summed E-state index contributed by atoms with van der Waals surface area (Å²) in [6.45, 7) is 3.49. The number of anilines is 1. The summed E-state index contributed by atoms with van der Waals surface area (Å²) in [4.78, 5) is 11.3. The van der Waals surface area contributed by atoms with Gasteiger partial charge in [0.15, 0.2) is 11.0 Å². The molecule has 0 saturated heterocycles. The van der Waals surface area contributed by atoms with E-state index in [0.717, 1.165) is 11.4 Å². The van der Waals surface area contributed by atoms with Crippen LogP contribution in [0.25, 0.3) is 11.4 Å². The summed E-state index contributed by atoms with van der Waals surface area (Å²) >= 11 is 1.50. The summed E-state index contributed by atoms with van der Waals surface area (Å²) in [5.41, 5.74) is 2.45. The number of nitrogens with zero attached hydrogens (tertiary/aromatic N) is 7. The van der Waals surface area contributed by atoms with Gasteiger partial charge >= 0.3 is 0 Å². The first-order valence-corrected chi connectivity index (χ1v) is 9.78. The lowest BCUT2D eigenvalue weighted by Gasteiger charge is -2.12. The molecule has 1 amide bonds. The standard InChI is InChI=1S/C19H18N8OS/c1-13(18-22-24-25-27(18)16-8-4-3-5-9-16)29-19-23-20-12-26(19)17-10-6-7-15(11-17)21-14(2)28/h3-13H,1-2H3,(H,21,28)/t13-/m1/s1. The van der Waals surface area contributed by atoms with Gasteiger partial charge in [-0.3, -0.25) is 9.36 Å². The van der Waals surface area contributed by atoms with Gasteiger partial charge in [0.05, 0.1) is 16.6 Å². The Morgan fingerprint density at radius 2 is 1.86 bits per heavy atom. The summed E-state index contributed by atoms with van der Waals surface area (Å²) in [5.74, 6) is 0.588.